The van der Waals surface area contributed by atoms with Crippen molar-refractivity contribution in [1.82, 2.24) is 5.32 Å². The van der Waals surface area contributed by atoms with Crippen LogP contribution in [0.2, 0.25) is 5.02 Å². The van der Waals surface area contributed by atoms with Crippen LogP contribution in [-0.2, 0) is 14.6 Å². The summed E-state index contributed by atoms with van der Waals surface area (Å²) >= 11 is 6.23. The molecular weight excluding hydrogens is 547 g/mol. The Bertz CT molecular complexity index is 1320. The van der Waals surface area contributed by atoms with Crippen LogP contribution in [0.1, 0.15) is 43.5 Å². The van der Waals surface area contributed by atoms with Gasteiger partial charge < -0.3 is 21.5 Å². The molecule has 0 radical (unpaired) electrons. The topological polar surface area (TPSA) is 139 Å². The molecule has 5 N–H and O–H groups in total. The summed E-state index contributed by atoms with van der Waals surface area (Å²) in [5, 5.41) is 15.1. The second kappa shape index (κ2) is 11.6. The number of amides is 2. The molecule has 38 heavy (non-hydrogen) atoms. The molecule has 2 aromatic carbocycles. The Morgan fingerprint density at radius 3 is 2.37 bits per heavy atom. The van der Waals surface area contributed by atoms with Gasteiger partial charge in [-0.1, -0.05) is 31.9 Å². The molecule has 2 amide bonds. The smallest absolute Gasteiger partial charge is 0.255 e. The zero-order valence-electron chi connectivity index (χ0n) is 20.7. The molecule has 0 heterocycles. The lowest BCUT2D eigenvalue weighted by Crippen LogP contribution is -2.58. The van der Waals surface area contributed by atoms with Crippen molar-refractivity contribution >= 4 is 38.9 Å². The van der Waals surface area contributed by atoms with Crippen molar-refractivity contribution in [3.63, 3.8) is 0 Å². The average Bonchev–Trinajstić information content (AvgIpc) is 2.87. The van der Waals surface area contributed by atoms with E-state index in [9.17, 15) is 36.3 Å². The number of aliphatic hydroxyl groups is 1. The van der Waals surface area contributed by atoms with Gasteiger partial charge in [0.15, 0.2) is 27.3 Å². The Morgan fingerprint density at radius 2 is 1.79 bits per heavy atom. The molecule has 2 aromatic rings. The van der Waals surface area contributed by atoms with Gasteiger partial charge in [0.25, 0.3) is 5.91 Å². The molecule has 0 bridgehead atoms. The van der Waals surface area contributed by atoms with Crippen LogP contribution in [0.25, 0.3) is 0 Å². The monoisotopic (exact) mass is 575 g/mol. The van der Waals surface area contributed by atoms with Crippen molar-refractivity contribution in [2.75, 3.05) is 18.4 Å². The van der Waals surface area contributed by atoms with E-state index in [1.807, 2.05) is 0 Å². The summed E-state index contributed by atoms with van der Waals surface area (Å²) in [4.78, 5) is 24.1. The molecule has 1 aliphatic carbocycles. The molecule has 4 atom stereocenters. The molecule has 0 saturated heterocycles. The van der Waals surface area contributed by atoms with E-state index in [2.05, 4.69) is 10.6 Å². The minimum absolute atomic E-state index is 0.0642. The standard InChI is InChI=1S/C25H29ClF3N3O5S/c1-3-15-8-17(6-13(2)25(15,35)12-31-22(33)11-30)38(36,37)21-7-14(4-5-18(21)26)24(34)32-16-9-19(27)23(29)20(28)10-16/h4-5,7,9-10,13,15,17,35H,3,6,8,11-12,30H2,1-2H3,(H,31,33)(H,32,34)/t13-,15?,17-,25-/m0/s1. The number of halogens is 4. The van der Waals surface area contributed by atoms with Crippen molar-refractivity contribution in [3.8, 4) is 0 Å². The first-order chi connectivity index (χ1) is 17.7. The number of benzene rings is 2. The predicted molar refractivity (Wildman–Crippen MR) is 136 cm³/mol. The largest absolute Gasteiger partial charge is 0.387 e. The molecule has 208 valence electrons. The van der Waals surface area contributed by atoms with Gasteiger partial charge in [-0.25, -0.2) is 21.6 Å². The second-order valence-electron chi connectivity index (χ2n) is 9.47. The van der Waals surface area contributed by atoms with E-state index in [1.165, 1.54) is 12.1 Å². The minimum Gasteiger partial charge on any atom is -0.387 e. The number of rotatable bonds is 8. The van der Waals surface area contributed by atoms with Crippen LogP contribution in [-0.4, -0.2) is 49.3 Å². The van der Waals surface area contributed by atoms with Crippen molar-refractivity contribution in [2.45, 2.75) is 48.9 Å². The fourth-order valence-electron chi connectivity index (χ4n) is 4.90. The molecule has 0 spiro atoms. The van der Waals surface area contributed by atoms with Crippen LogP contribution in [0.3, 0.4) is 0 Å². The van der Waals surface area contributed by atoms with Crippen molar-refractivity contribution < 1.29 is 36.3 Å². The summed E-state index contributed by atoms with van der Waals surface area (Å²) in [7, 11) is -4.10. The molecule has 1 fully saturated rings. The van der Waals surface area contributed by atoms with E-state index < -0.39 is 61.8 Å². The predicted octanol–water partition coefficient (Wildman–Crippen LogP) is 3.41. The van der Waals surface area contributed by atoms with E-state index >= 15 is 0 Å². The maximum Gasteiger partial charge on any atom is 0.255 e. The quantitative estimate of drug-likeness (QED) is 0.356. The average molecular weight is 576 g/mol. The third-order valence-electron chi connectivity index (χ3n) is 7.15. The highest BCUT2D eigenvalue weighted by Crippen LogP contribution is 2.44. The van der Waals surface area contributed by atoms with Gasteiger partial charge in [0.05, 0.1) is 27.3 Å². The van der Waals surface area contributed by atoms with Crippen LogP contribution in [0.5, 0.6) is 0 Å². The van der Waals surface area contributed by atoms with Gasteiger partial charge >= 0.3 is 0 Å². The zero-order chi connectivity index (χ0) is 28.4. The normalized spacial score (nSPS) is 23.6. The van der Waals surface area contributed by atoms with Crippen LogP contribution in [0.4, 0.5) is 18.9 Å². The molecule has 3 rings (SSSR count). The van der Waals surface area contributed by atoms with Gasteiger partial charge in [-0.15, -0.1) is 0 Å². The summed E-state index contributed by atoms with van der Waals surface area (Å²) in [6.07, 6.45) is 0.583. The Hall–Kier alpha value is -2.67. The molecule has 0 aromatic heterocycles. The highest BCUT2D eigenvalue weighted by molar-refractivity contribution is 7.92. The van der Waals surface area contributed by atoms with Crippen molar-refractivity contribution in [1.29, 1.82) is 0 Å². The zero-order valence-corrected chi connectivity index (χ0v) is 22.3. The maximum atomic E-state index is 13.7. The van der Waals surface area contributed by atoms with Gasteiger partial charge in [0.2, 0.25) is 5.91 Å². The Morgan fingerprint density at radius 1 is 1.16 bits per heavy atom. The first-order valence-corrected chi connectivity index (χ1v) is 13.8. The van der Waals surface area contributed by atoms with Gasteiger partial charge in [0, 0.05) is 29.9 Å². The van der Waals surface area contributed by atoms with E-state index in [1.54, 1.807) is 13.8 Å². The fourth-order valence-corrected chi connectivity index (χ4v) is 7.35. The van der Waals surface area contributed by atoms with Gasteiger partial charge in [-0.05, 0) is 42.9 Å². The first-order valence-electron chi connectivity index (χ1n) is 11.9. The molecule has 1 unspecified atom stereocenters. The summed E-state index contributed by atoms with van der Waals surface area (Å²) in [6, 6.07) is 4.71. The van der Waals surface area contributed by atoms with Crippen LogP contribution in [0, 0.1) is 29.3 Å². The Labute approximate surface area is 223 Å². The third kappa shape index (κ3) is 5.98. The number of hydrogen-bond acceptors (Lipinski definition) is 6. The first kappa shape index (κ1) is 29.9. The maximum absolute atomic E-state index is 13.7. The van der Waals surface area contributed by atoms with E-state index in [4.69, 9.17) is 17.3 Å². The summed E-state index contributed by atoms with van der Waals surface area (Å²) in [6.45, 7) is 3.19. The number of carbonyl (C=O) groups is 2. The summed E-state index contributed by atoms with van der Waals surface area (Å²) < 4.78 is 67.6. The van der Waals surface area contributed by atoms with Gasteiger partial charge in [-0.3, -0.25) is 9.59 Å². The Kier molecular flexibility index (Phi) is 9.12. The molecule has 1 aliphatic rings. The van der Waals surface area contributed by atoms with E-state index in [0.29, 0.717) is 18.6 Å². The number of carbonyl (C=O) groups excluding carboxylic acids is 2. The van der Waals surface area contributed by atoms with Gasteiger partial charge in [0.1, 0.15) is 0 Å². The lowest BCUT2D eigenvalue weighted by molar-refractivity contribution is -0.125. The number of hydrogen-bond donors (Lipinski definition) is 4. The lowest BCUT2D eigenvalue weighted by atomic mass is 9.67. The summed E-state index contributed by atoms with van der Waals surface area (Å²) in [5.41, 5.74) is 3.45. The van der Waals surface area contributed by atoms with Crippen LogP contribution >= 0.6 is 11.6 Å². The summed E-state index contributed by atoms with van der Waals surface area (Å²) in [5.74, 6) is -7.02. The number of sulfone groups is 1. The SMILES string of the molecule is CCC1C[C@@H](S(=O)(=O)c2cc(C(=O)Nc3cc(F)c(F)c(F)c3)ccc2Cl)C[C@H](C)[C@@]1(O)CNC(=O)CN. The third-order valence-corrected chi connectivity index (χ3v) is 9.81. The highest BCUT2D eigenvalue weighted by Gasteiger charge is 2.49. The number of anilines is 1. The highest BCUT2D eigenvalue weighted by atomic mass is 35.5. The van der Waals surface area contributed by atoms with E-state index in [-0.39, 0.29) is 47.1 Å². The molecule has 13 heteroatoms. The molecule has 8 nitrogen and oxygen atoms in total. The molecular formula is C25H29ClF3N3O5S. The Balaban J connectivity index is 1.87. The number of nitrogens with two attached hydrogens (primary N) is 1. The van der Waals surface area contributed by atoms with Crippen molar-refractivity contribution in [3.05, 3.63) is 58.4 Å². The minimum atomic E-state index is -4.10. The molecule has 0 aliphatic heterocycles. The number of nitrogens with one attached hydrogen (secondary N) is 2. The van der Waals surface area contributed by atoms with E-state index in [0.717, 1.165) is 6.07 Å². The van der Waals surface area contributed by atoms with Crippen LogP contribution < -0.4 is 16.4 Å². The van der Waals surface area contributed by atoms with Crippen molar-refractivity contribution in [2.24, 2.45) is 17.6 Å². The fraction of sp³-hybridized carbons (Fsp3) is 0.440. The van der Waals surface area contributed by atoms with Crippen LogP contribution in [0.15, 0.2) is 35.2 Å². The second-order valence-corrected chi connectivity index (χ2v) is 12.1. The van der Waals surface area contributed by atoms with Gasteiger partial charge in [-0.2, -0.15) is 0 Å². The lowest BCUT2D eigenvalue weighted by Gasteiger charge is -2.47. The molecule has 1 saturated carbocycles.